The zero-order valence-electron chi connectivity index (χ0n) is 10.6. The molecule has 5 heteroatoms. The van der Waals surface area contributed by atoms with Gasteiger partial charge in [-0.25, -0.2) is 4.79 Å². The van der Waals surface area contributed by atoms with Crippen LogP contribution in [-0.4, -0.2) is 16.5 Å². The Hall–Kier alpha value is -2.30. The molecular weight excluding hydrogens is 242 g/mol. The summed E-state index contributed by atoms with van der Waals surface area (Å²) in [4.78, 5) is 26.8. The maximum atomic E-state index is 11.4. The summed E-state index contributed by atoms with van der Waals surface area (Å²) in [7, 11) is 0. The van der Waals surface area contributed by atoms with E-state index in [0.29, 0.717) is 12.2 Å². The van der Waals surface area contributed by atoms with Gasteiger partial charge in [0.15, 0.2) is 0 Å². The van der Waals surface area contributed by atoms with Gasteiger partial charge in [-0.15, -0.1) is 0 Å². The number of aromatic amines is 2. The summed E-state index contributed by atoms with van der Waals surface area (Å²) >= 11 is 0. The van der Waals surface area contributed by atoms with Crippen LogP contribution in [0.15, 0.2) is 46.1 Å². The van der Waals surface area contributed by atoms with Crippen molar-refractivity contribution in [3.63, 3.8) is 0 Å². The summed E-state index contributed by atoms with van der Waals surface area (Å²) in [5.41, 5.74) is 0.857. The third-order valence-corrected chi connectivity index (χ3v) is 2.87. The Morgan fingerprint density at radius 2 is 1.84 bits per heavy atom. The predicted molar refractivity (Wildman–Crippen MR) is 75.6 cm³/mol. The van der Waals surface area contributed by atoms with E-state index >= 15 is 0 Å². The van der Waals surface area contributed by atoms with E-state index < -0.39 is 5.69 Å². The van der Waals surface area contributed by atoms with E-state index in [9.17, 15) is 9.59 Å². The van der Waals surface area contributed by atoms with Crippen LogP contribution in [0.2, 0.25) is 0 Å². The van der Waals surface area contributed by atoms with E-state index in [-0.39, 0.29) is 5.56 Å². The molecule has 0 bridgehead atoms. The van der Waals surface area contributed by atoms with Crippen molar-refractivity contribution in [3.05, 3.63) is 62.9 Å². The lowest BCUT2D eigenvalue weighted by atomic mass is 10.1. The molecule has 0 saturated carbocycles. The minimum atomic E-state index is -0.486. The number of anilines is 1. The Morgan fingerprint density at radius 3 is 2.58 bits per heavy atom. The molecule has 0 unspecified atom stereocenters. The molecule has 0 aliphatic heterocycles. The fourth-order valence-electron chi connectivity index (χ4n) is 1.86. The van der Waals surface area contributed by atoms with Crippen LogP contribution < -0.4 is 16.6 Å². The lowest BCUT2D eigenvalue weighted by Crippen LogP contribution is -2.24. The molecule has 0 saturated heterocycles. The molecule has 0 aliphatic rings. The first-order chi connectivity index (χ1) is 9.25. The molecule has 1 aromatic heterocycles. The molecule has 3 N–H and O–H groups in total. The van der Waals surface area contributed by atoms with Crippen molar-refractivity contribution < 1.29 is 0 Å². The topological polar surface area (TPSA) is 77.8 Å². The number of hydrogen-bond donors (Lipinski definition) is 3. The summed E-state index contributed by atoms with van der Waals surface area (Å²) in [5.74, 6) is 0. The molecule has 0 atom stereocenters. The Bertz CT molecular complexity index is 616. The van der Waals surface area contributed by atoms with Gasteiger partial charge in [0.2, 0.25) is 0 Å². The summed E-state index contributed by atoms with van der Waals surface area (Å²) < 4.78 is 0. The van der Waals surface area contributed by atoms with Crippen molar-refractivity contribution in [2.75, 3.05) is 11.9 Å². The maximum Gasteiger partial charge on any atom is 0.325 e. The number of aromatic nitrogens is 2. The Kier molecular flexibility index (Phi) is 4.55. The third-order valence-electron chi connectivity index (χ3n) is 2.87. The molecule has 1 aromatic carbocycles. The fraction of sp³-hybridized carbons (Fsp3) is 0.286. The van der Waals surface area contributed by atoms with E-state index in [2.05, 4.69) is 27.4 Å². The van der Waals surface area contributed by atoms with Crippen LogP contribution in [0.1, 0.15) is 18.4 Å². The Labute approximate surface area is 110 Å². The number of rotatable bonds is 6. The molecule has 0 radical (unpaired) electrons. The molecule has 2 rings (SSSR count). The number of benzene rings is 1. The molecule has 0 fully saturated rings. The normalized spacial score (nSPS) is 10.3. The predicted octanol–water partition coefficient (Wildman–Crippen LogP) is 1.50. The number of nitrogens with one attached hydrogen (secondary N) is 3. The van der Waals surface area contributed by atoms with Crippen LogP contribution in [0.4, 0.5) is 5.69 Å². The highest BCUT2D eigenvalue weighted by Crippen LogP contribution is 2.04. The largest absolute Gasteiger partial charge is 0.379 e. The van der Waals surface area contributed by atoms with Crippen molar-refractivity contribution in [1.29, 1.82) is 0 Å². The fourth-order valence-corrected chi connectivity index (χ4v) is 1.86. The molecule has 0 spiro atoms. The van der Waals surface area contributed by atoms with Crippen molar-refractivity contribution in [2.45, 2.75) is 19.3 Å². The lowest BCUT2D eigenvalue weighted by molar-refractivity contribution is 0.761. The summed E-state index contributed by atoms with van der Waals surface area (Å²) in [6, 6.07) is 10.3. The van der Waals surface area contributed by atoms with Crippen molar-refractivity contribution in [2.24, 2.45) is 0 Å². The van der Waals surface area contributed by atoms with Gasteiger partial charge in [-0.2, -0.15) is 0 Å². The first kappa shape index (κ1) is 13.1. The Balaban J connectivity index is 1.72. The minimum absolute atomic E-state index is 0.383. The van der Waals surface area contributed by atoms with Gasteiger partial charge >= 0.3 is 5.69 Å². The number of H-pyrrole nitrogens is 2. The average molecular weight is 259 g/mol. The molecular formula is C14H17N3O2. The van der Waals surface area contributed by atoms with Gasteiger partial charge in [0.05, 0.1) is 0 Å². The first-order valence-corrected chi connectivity index (χ1v) is 6.35. The SMILES string of the molecule is O=c1[nH]cc(NCCCCc2ccccc2)c(=O)[nH]1. The zero-order chi connectivity index (χ0) is 13.5. The van der Waals surface area contributed by atoms with Gasteiger partial charge in [-0.1, -0.05) is 30.3 Å². The van der Waals surface area contributed by atoms with Crippen LogP contribution >= 0.6 is 0 Å². The van der Waals surface area contributed by atoms with Crippen molar-refractivity contribution in [1.82, 2.24) is 9.97 Å². The second kappa shape index (κ2) is 6.58. The Morgan fingerprint density at radius 1 is 1.05 bits per heavy atom. The summed E-state index contributed by atoms with van der Waals surface area (Å²) in [6.07, 6.45) is 4.45. The van der Waals surface area contributed by atoms with E-state index in [1.54, 1.807) is 0 Å². The highest BCUT2D eigenvalue weighted by molar-refractivity contribution is 5.36. The second-order valence-electron chi connectivity index (χ2n) is 4.36. The standard InChI is InChI=1S/C14H17N3O2/c18-13-12(10-16-14(19)17-13)15-9-5-4-8-11-6-2-1-3-7-11/h1-3,6-7,10,15H,4-5,8-9H2,(H2,16,17,18,19). The van der Waals surface area contributed by atoms with E-state index in [1.807, 2.05) is 18.2 Å². The van der Waals surface area contributed by atoms with E-state index in [1.165, 1.54) is 11.8 Å². The summed E-state index contributed by atoms with van der Waals surface area (Å²) in [5, 5.41) is 3.01. The molecule has 2 aromatic rings. The van der Waals surface area contributed by atoms with Crippen LogP contribution in [0.25, 0.3) is 0 Å². The monoisotopic (exact) mass is 259 g/mol. The quantitative estimate of drug-likeness (QED) is 0.688. The minimum Gasteiger partial charge on any atom is -0.379 e. The van der Waals surface area contributed by atoms with Gasteiger partial charge in [-0.05, 0) is 24.8 Å². The molecule has 19 heavy (non-hydrogen) atoms. The number of aryl methyl sites for hydroxylation is 1. The average Bonchev–Trinajstić information content (AvgIpc) is 2.42. The van der Waals surface area contributed by atoms with E-state index in [4.69, 9.17) is 0 Å². The van der Waals surface area contributed by atoms with Crippen LogP contribution in [0.5, 0.6) is 0 Å². The van der Waals surface area contributed by atoms with Crippen molar-refractivity contribution in [3.8, 4) is 0 Å². The van der Waals surface area contributed by atoms with Crippen LogP contribution in [0, 0.1) is 0 Å². The first-order valence-electron chi connectivity index (χ1n) is 6.35. The molecule has 100 valence electrons. The molecule has 5 nitrogen and oxygen atoms in total. The molecule has 0 aliphatic carbocycles. The zero-order valence-corrected chi connectivity index (χ0v) is 10.6. The van der Waals surface area contributed by atoms with Gasteiger partial charge in [0.1, 0.15) is 5.69 Å². The number of hydrogen-bond acceptors (Lipinski definition) is 3. The highest BCUT2D eigenvalue weighted by atomic mass is 16.2. The van der Waals surface area contributed by atoms with Crippen molar-refractivity contribution >= 4 is 5.69 Å². The van der Waals surface area contributed by atoms with Gasteiger partial charge in [0.25, 0.3) is 5.56 Å². The third kappa shape index (κ3) is 4.13. The molecule has 0 amide bonds. The highest BCUT2D eigenvalue weighted by Gasteiger charge is 1.98. The van der Waals surface area contributed by atoms with E-state index in [0.717, 1.165) is 19.3 Å². The van der Waals surface area contributed by atoms with Gasteiger partial charge < -0.3 is 10.3 Å². The van der Waals surface area contributed by atoms with Gasteiger partial charge in [-0.3, -0.25) is 9.78 Å². The molecule has 1 heterocycles. The summed E-state index contributed by atoms with van der Waals surface area (Å²) in [6.45, 7) is 0.710. The lowest BCUT2D eigenvalue weighted by Gasteiger charge is -2.05. The number of unbranched alkanes of at least 4 members (excludes halogenated alkanes) is 1. The van der Waals surface area contributed by atoms with Gasteiger partial charge in [0, 0.05) is 12.7 Å². The smallest absolute Gasteiger partial charge is 0.325 e. The maximum absolute atomic E-state index is 11.4. The second-order valence-corrected chi connectivity index (χ2v) is 4.36. The van der Waals surface area contributed by atoms with Crippen LogP contribution in [-0.2, 0) is 6.42 Å². The van der Waals surface area contributed by atoms with Crippen LogP contribution in [0.3, 0.4) is 0 Å².